The number of hydrogen-bond acceptors (Lipinski definition) is 7. The van der Waals surface area contributed by atoms with E-state index in [0.717, 1.165) is 17.4 Å². The second-order valence-corrected chi connectivity index (χ2v) is 7.23. The fourth-order valence-electron chi connectivity index (χ4n) is 2.75. The number of hydrogen-bond donors (Lipinski definition) is 2. The molecule has 0 fully saturated rings. The van der Waals surface area contributed by atoms with Crippen molar-refractivity contribution in [2.75, 3.05) is 12.8 Å². The van der Waals surface area contributed by atoms with Crippen LogP contribution in [-0.4, -0.2) is 28.7 Å². The molecule has 26 heavy (non-hydrogen) atoms. The van der Waals surface area contributed by atoms with Crippen molar-refractivity contribution in [1.29, 1.82) is 0 Å². The summed E-state index contributed by atoms with van der Waals surface area (Å²) in [7, 11) is 1.52. The minimum Gasteiger partial charge on any atom is -0.396 e. The Hall–Kier alpha value is -3.01. The van der Waals surface area contributed by atoms with Crippen molar-refractivity contribution in [3.05, 3.63) is 45.1 Å². The number of nitrogens with two attached hydrogens (primary N) is 2. The molecule has 0 saturated carbocycles. The highest BCUT2D eigenvalue weighted by Crippen LogP contribution is 2.45. The van der Waals surface area contributed by atoms with Crippen LogP contribution in [0.4, 0.5) is 15.1 Å². The van der Waals surface area contributed by atoms with Gasteiger partial charge in [0.25, 0.3) is 0 Å². The fraction of sp³-hybridized carbons (Fsp3) is 0.250. The summed E-state index contributed by atoms with van der Waals surface area (Å²) < 4.78 is 13.4. The number of aliphatic imine (C=N–C) groups is 1. The minimum atomic E-state index is -1.01. The van der Waals surface area contributed by atoms with E-state index in [1.54, 1.807) is 13.0 Å². The first-order valence-corrected chi connectivity index (χ1v) is 8.40. The molecule has 0 aliphatic carbocycles. The largest absolute Gasteiger partial charge is 0.396 e. The smallest absolute Gasteiger partial charge is 0.332 e. The Balaban J connectivity index is 2.15. The lowest BCUT2D eigenvalue weighted by Gasteiger charge is -2.32. The van der Waals surface area contributed by atoms with Gasteiger partial charge in [-0.05, 0) is 30.7 Å². The summed E-state index contributed by atoms with van der Waals surface area (Å²) in [5.41, 5.74) is 11.0. The topological polar surface area (TPSA) is 128 Å². The number of guanidine groups is 1. The number of thiophene rings is 1. The number of halogens is 1. The summed E-state index contributed by atoms with van der Waals surface area (Å²) >= 11 is 0.916. The van der Waals surface area contributed by atoms with Crippen molar-refractivity contribution in [1.82, 2.24) is 4.90 Å². The molecule has 2 heterocycles. The van der Waals surface area contributed by atoms with Crippen LogP contribution in [0.15, 0.2) is 29.3 Å². The summed E-state index contributed by atoms with van der Waals surface area (Å²) in [5.74, 6) is -0.784. The van der Waals surface area contributed by atoms with Crippen LogP contribution >= 0.6 is 11.3 Å². The lowest BCUT2D eigenvalue weighted by Crippen LogP contribution is -2.47. The molecule has 0 spiro atoms. The number of nitro groups is 1. The van der Waals surface area contributed by atoms with Gasteiger partial charge in [-0.3, -0.25) is 19.8 Å². The van der Waals surface area contributed by atoms with Crippen LogP contribution in [0.5, 0.6) is 0 Å². The van der Waals surface area contributed by atoms with Crippen LogP contribution in [0.25, 0.3) is 11.1 Å². The Morgan fingerprint density at radius 2 is 2.08 bits per heavy atom. The summed E-state index contributed by atoms with van der Waals surface area (Å²) in [5, 5.41) is 11.4. The fourth-order valence-corrected chi connectivity index (χ4v) is 3.83. The van der Waals surface area contributed by atoms with E-state index in [-0.39, 0.29) is 29.0 Å². The average molecular weight is 377 g/mol. The standard InChI is InChI=1S/C16H16FN5O3S/c1-16(7-13(23)21(2)15(19)20-16)12-6-9(14(26-12)22(24)25)8-3-4-10(17)11(18)5-8/h3-6H,7,18H2,1-2H3,(H2,19,20)/t16-/m0/s1. The van der Waals surface area contributed by atoms with Gasteiger partial charge in [-0.2, -0.15) is 0 Å². The van der Waals surface area contributed by atoms with Gasteiger partial charge in [-0.25, -0.2) is 9.38 Å². The van der Waals surface area contributed by atoms with Gasteiger partial charge in [0.1, 0.15) is 11.4 Å². The molecule has 1 aliphatic rings. The molecule has 1 atom stereocenters. The zero-order valence-corrected chi connectivity index (χ0v) is 14.8. The number of rotatable bonds is 3. The number of benzene rings is 1. The monoisotopic (exact) mass is 377 g/mol. The van der Waals surface area contributed by atoms with E-state index in [1.807, 2.05) is 0 Å². The van der Waals surface area contributed by atoms with Crippen molar-refractivity contribution < 1.29 is 14.1 Å². The van der Waals surface area contributed by atoms with Gasteiger partial charge in [-0.15, -0.1) is 0 Å². The first-order valence-electron chi connectivity index (χ1n) is 7.58. The van der Waals surface area contributed by atoms with Crippen molar-refractivity contribution >= 4 is 33.9 Å². The van der Waals surface area contributed by atoms with Crippen molar-refractivity contribution in [3.63, 3.8) is 0 Å². The molecule has 2 aromatic rings. The van der Waals surface area contributed by atoms with E-state index in [2.05, 4.69) is 4.99 Å². The number of nitrogens with zero attached hydrogens (tertiary/aromatic N) is 3. The first kappa shape index (κ1) is 17.8. The van der Waals surface area contributed by atoms with Gasteiger partial charge in [0, 0.05) is 11.9 Å². The van der Waals surface area contributed by atoms with Crippen molar-refractivity contribution in [3.8, 4) is 11.1 Å². The van der Waals surface area contributed by atoms with Crippen LogP contribution in [0.1, 0.15) is 18.2 Å². The highest BCUT2D eigenvalue weighted by atomic mass is 32.1. The second-order valence-electron chi connectivity index (χ2n) is 6.20. The van der Waals surface area contributed by atoms with E-state index in [4.69, 9.17) is 11.5 Å². The normalized spacial score (nSPS) is 20.2. The molecule has 4 N–H and O–H groups in total. The Morgan fingerprint density at radius 1 is 1.38 bits per heavy atom. The van der Waals surface area contributed by atoms with E-state index in [0.29, 0.717) is 16.0 Å². The Morgan fingerprint density at radius 3 is 2.65 bits per heavy atom. The lowest BCUT2D eigenvalue weighted by molar-refractivity contribution is -0.379. The molecular weight excluding hydrogens is 361 g/mol. The number of carbonyl (C=O) groups is 1. The molecule has 0 bridgehead atoms. The third-order valence-electron chi connectivity index (χ3n) is 4.29. The van der Waals surface area contributed by atoms with Crippen LogP contribution in [0.3, 0.4) is 0 Å². The molecule has 8 nitrogen and oxygen atoms in total. The van der Waals surface area contributed by atoms with Gasteiger partial charge in [-0.1, -0.05) is 17.4 Å². The maximum atomic E-state index is 13.4. The molecule has 1 aromatic carbocycles. The summed E-state index contributed by atoms with van der Waals surface area (Å²) in [6.07, 6.45) is 0.0346. The predicted molar refractivity (Wildman–Crippen MR) is 97.1 cm³/mol. The first-order chi connectivity index (χ1) is 12.1. The number of carbonyl (C=O) groups excluding carboxylic acids is 1. The van der Waals surface area contributed by atoms with Gasteiger partial charge in [0.2, 0.25) is 5.91 Å². The van der Waals surface area contributed by atoms with Crippen molar-refractivity contribution in [2.24, 2.45) is 10.7 Å². The molecule has 10 heteroatoms. The molecule has 0 saturated heterocycles. The van der Waals surface area contributed by atoms with Gasteiger partial charge >= 0.3 is 5.00 Å². The predicted octanol–water partition coefficient (Wildman–Crippen LogP) is 2.44. The zero-order valence-electron chi connectivity index (χ0n) is 14.0. The van der Waals surface area contributed by atoms with Gasteiger partial charge in [0.15, 0.2) is 5.96 Å². The third-order valence-corrected chi connectivity index (χ3v) is 5.63. The SMILES string of the molecule is CN1C(=O)C[C@@](C)(c2cc(-c3ccc(F)c(N)c3)c([N+](=O)[O-])s2)N=C1N. The van der Waals surface area contributed by atoms with Crippen LogP contribution in [0.2, 0.25) is 0 Å². The number of nitrogen functional groups attached to an aromatic ring is 1. The maximum Gasteiger partial charge on any atom is 0.332 e. The van der Waals surface area contributed by atoms with Crippen molar-refractivity contribution in [2.45, 2.75) is 18.9 Å². The van der Waals surface area contributed by atoms with E-state index >= 15 is 0 Å². The molecule has 1 aliphatic heterocycles. The Kier molecular flexibility index (Phi) is 4.15. The van der Waals surface area contributed by atoms with E-state index in [9.17, 15) is 19.3 Å². The number of amides is 1. The summed E-state index contributed by atoms with van der Waals surface area (Å²) in [4.78, 5) is 29.3. The lowest BCUT2D eigenvalue weighted by atomic mass is 9.93. The minimum absolute atomic E-state index is 0.0346. The Bertz CT molecular complexity index is 957. The number of anilines is 1. The van der Waals surface area contributed by atoms with E-state index in [1.165, 1.54) is 24.1 Å². The molecular formula is C16H16FN5O3S. The highest BCUT2D eigenvalue weighted by Gasteiger charge is 2.39. The molecule has 136 valence electrons. The van der Waals surface area contributed by atoms with Crippen LogP contribution < -0.4 is 11.5 Å². The van der Waals surface area contributed by atoms with Gasteiger partial charge in [0.05, 0.1) is 22.6 Å². The third kappa shape index (κ3) is 2.88. The summed E-state index contributed by atoms with van der Waals surface area (Å²) in [6.45, 7) is 1.70. The average Bonchev–Trinajstić information content (AvgIpc) is 3.01. The van der Waals surface area contributed by atoms with E-state index < -0.39 is 16.3 Å². The quantitative estimate of drug-likeness (QED) is 0.482. The highest BCUT2D eigenvalue weighted by molar-refractivity contribution is 7.16. The molecule has 0 radical (unpaired) electrons. The van der Waals surface area contributed by atoms with Crippen LogP contribution in [0, 0.1) is 15.9 Å². The molecule has 1 aromatic heterocycles. The Labute approximate surface area is 152 Å². The zero-order chi connectivity index (χ0) is 19.2. The van der Waals surface area contributed by atoms with Gasteiger partial charge < -0.3 is 11.5 Å². The maximum absolute atomic E-state index is 13.4. The molecule has 0 unspecified atom stereocenters. The second kappa shape index (κ2) is 6.06. The summed E-state index contributed by atoms with van der Waals surface area (Å²) in [6, 6.07) is 5.51. The molecule has 1 amide bonds. The molecule has 3 rings (SSSR count). The van der Waals surface area contributed by atoms with Crippen LogP contribution in [-0.2, 0) is 10.3 Å².